The van der Waals surface area contributed by atoms with Crippen molar-refractivity contribution in [3.8, 4) is 0 Å². The maximum absolute atomic E-state index is 12.2. The Kier molecular flexibility index (Phi) is 6.99. The zero-order valence-electron chi connectivity index (χ0n) is 20.2. The Morgan fingerprint density at radius 3 is 2.41 bits per heavy atom. The number of nitrogens with one attached hydrogen (secondary N) is 2. The lowest BCUT2D eigenvalue weighted by atomic mass is 9.92. The van der Waals surface area contributed by atoms with E-state index in [2.05, 4.69) is 15.2 Å². The van der Waals surface area contributed by atoms with Crippen LogP contribution in [0.1, 0.15) is 77.2 Å². The van der Waals surface area contributed by atoms with E-state index >= 15 is 0 Å². The molecule has 0 aromatic carbocycles. The molecule has 34 heavy (non-hydrogen) atoms. The maximum atomic E-state index is 12.2. The minimum Gasteiger partial charge on any atom is -0.365 e. The number of aromatic nitrogens is 4. The standard InChI is InChI=1S/C25H38N8O/c1-2-5-21(34)32-14-12-19(13-15-32)28-23-22-24(33(16-27-22)20-6-3-4-7-20)31-25(30-23)29-18-10-8-17(26)9-11-18/h2,5,16-20H,3-4,6-15,26H2,1H3,(H2,28,29,30,31)/b5-2+. The number of piperidine rings is 1. The SMILES string of the molecule is C/C=C/C(=O)N1CCC(Nc2nc(NC3CCC(N)CC3)nc3c2ncn3C2CCCC2)CC1. The monoisotopic (exact) mass is 466 g/mol. The minimum absolute atomic E-state index is 0.0966. The fourth-order valence-electron chi connectivity index (χ4n) is 5.66. The molecule has 0 spiro atoms. The molecule has 0 bridgehead atoms. The second kappa shape index (κ2) is 10.3. The van der Waals surface area contributed by atoms with Crippen molar-refractivity contribution in [1.29, 1.82) is 0 Å². The van der Waals surface area contributed by atoms with E-state index in [-0.39, 0.29) is 11.9 Å². The fourth-order valence-corrected chi connectivity index (χ4v) is 5.66. The zero-order valence-corrected chi connectivity index (χ0v) is 20.2. The summed E-state index contributed by atoms with van der Waals surface area (Å²) in [5.41, 5.74) is 7.86. The lowest BCUT2D eigenvalue weighted by molar-refractivity contribution is -0.126. The number of hydrogen-bond acceptors (Lipinski definition) is 7. The van der Waals surface area contributed by atoms with Crippen molar-refractivity contribution >= 4 is 28.8 Å². The van der Waals surface area contributed by atoms with Crippen LogP contribution >= 0.6 is 0 Å². The van der Waals surface area contributed by atoms with Gasteiger partial charge in [0.05, 0.1) is 6.33 Å². The molecule has 1 aliphatic heterocycles. The number of hydrogen-bond donors (Lipinski definition) is 3. The number of imidazole rings is 1. The molecule has 3 fully saturated rings. The molecule has 2 aromatic rings. The number of nitrogens with two attached hydrogens (primary N) is 1. The lowest BCUT2D eigenvalue weighted by Crippen LogP contribution is -2.41. The van der Waals surface area contributed by atoms with E-state index in [0.717, 1.165) is 68.6 Å². The van der Waals surface area contributed by atoms with Gasteiger partial charge in [-0.3, -0.25) is 4.79 Å². The van der Waals surface area contributed by atoms with Crippen molar-refractivity contribution in [3.63, 3.8) is 0 Å². The summed E-state index contributed by atoms with van der Waals surface area (Å²) in [6.45, 7) is 3.38. The number of carbonyl (C=O) groups excluding carboxylic acids is 1. The van der Waals surface area contributed by atoms with Gasteiger partial charge < -0.3 is 25.8 Å². The molecule has 1 saturated heterocycles. The van der Waals surface area contributed by atoms with Gasteiger partial charge in [-0.2, -0.15) is 9.97 Å². The van der Waals surface area contributed by atoms with Gasteiger partial charge in [0.2, 0.25) is 11.9 Å². The summed E-state index contributed by atoms with van der Waals surface area (Å²) in [6, 6.07) is 1.39. The van der Waals surface area contributed by atoms with Crippen molar-refractivity contribution in [2.45, 2.75) is 95.3 Å². The van der Waals surface area contributed by atoms with Gasteiger partial charge in [0, 0.05) is 37.3 Å². The molecule has 1 amide bonds. The van der Waals surface area contributed by atoms with Gasteiger partial charge in [-0.1, -0.05) is 18.9 Å². The second-order valence-corrected chi connectivity index (χ2v) is 10.2. The molecule has 9 heteroatoms. The van der Waals surface area contributed by atoms with E-state index in [4.69, 9.17) is 20.7 Å². The van der Waals surface area contributed by atoms with Gasteiger partial charge in [0.25, 0.3) is 0 Å². The molecule has 3 heterocycles. The topological polar surface area (TPSA) is 114 Å². The first kappa shape index (κ1) is 23.1. The highest BCUT2D eigenvalue weighted by atomic mass is 16.2. The van der Waals surface area contributed by atoms with Crippen molar-refractivity contribution in [2.75, 3.05) is 23.7 Å². The van der Waals surface area contributed by atoms with E-state index in [9.17, 15) is 4.79 Å². The number of carbonyl (C=O) groups is 1. The summed E-state index contributed by atoms with van der Waals surface area (Å²) in [4.78, 5) is 28.7. The van der Waals surface area contributed by atoms with E-state index in [0.29, 0.717) is 24.1 Å². The molecule has 4 N–H and O–H groups in total. The van der Waals surface area contributed by atoms with E-state index < -0.39 is 0 Å². The van der Waals surface area contributed by atoms with Crippen molar-refractivity contribution < 1.29 is 4.79 Å². The van der Waals surface area contributed by atoms with E-state index in [1.807, 2.05) is 18.2 Å². The third-order valence-electron chi connectivity index (χ3n) is 7.70. The highest BCUT2D eigenvalue weighted by molar-refractivity contribution is 5.87. The molecular weight excluding hydrogens is 428 g/mol. The number of allylic oxidation sites excluding steroid dienone is 1. The van der Waals surface area contributed by atoms with Crippen LogP contribution in [0.3, 0.4) is 0 Å². The molecule has 5 rings (SSSR count). The molecule has 184 valence electrons. The zero-order chi connectivity index (χ0) is 23.5. The van der Waals surface area contributed by atoms with Gasteiger partial charge in [-0.15, -0.1) is 0 Å². The molecule has 2 aromatic heterocycles. The van der Waals surface area contributed by atoms with Crippen LogP contribution in [-0.2, 0) is 4.79 Å². The Morgan fingerprint density at radius 2 is 1.71 bits per heavy atom. The lowest BCUT2D eigenvalue weighted by Gasteiger charge is -2.32. The summed E-state index contributed by atoms with van der Waals surface area (Å²) in [7, 11) is 0. The summed E-state index contributed by atoms with van der Waals surface area (Å²) < 4.78 is 2.26. The molecule has 0 atom stereocenters. The summed E-state index contributed by atoms with van der Waals surface area (Å²) >= 11 is 0. The summed E-state index contributed by atoms with van der Waals surface area (Å²) in [6.07, 6.45) is 16.2. The van der Waals surface area contributed by atoms with Gasteiger partial charge in [-0.25, -0.2) is 4.98 Å². The van der Waals surface area contributed by atoms with Gasteiger partial charge >= 0.3 is 0 Å². The van der Waals surface area contributed by atoms with Crippen LogP contribution in [0.4, 0.5) is 11.8 Å². The first-order valence-electron chi connectivity index (χ1n) is 13.1. The highest BCUT2D eigenvalue weighted by Crippen LogP contribution is 2.33. The predicted molar refractivity (Wildman–Crippen MR) is 135 cm³/mol. The average Bonchev–Trinajstić information content (AvgIpc) is 3.51. The molecule has 2 saturated carbocycles. The van der Waals surface area contributed by atoms with Crippen LogP contribution in [0.2, 0.25) is 0 Å². The smallest absolute Gasteiger partial charge is 0.246 e. The quantitative estimate of drug-likeness (QED) is 0.557. The number of amides is 1. The van der Waals surface area contributed by atoms with Crippen LogP contribution in [-0.4, -0.2) is 61.5 Å². The van der Waals surface area contributed by atoms with Crippen LogP contribution in [0.15, 0.2) is 18.5 Å². The number of rotatable bonds is 6. The predicted octanol–water partition coefficient (Wildman–Crippen LogP) is 3.60. The summed E-state index contributed by atoms with van der Waals surface area (Å²) in [5.74, 6) is 1.57. The Bertz CT molecular complexity index is 1010. The third-order valence-corrected chi connectivity index (χ3v) is 7.70. The first-order valence-corrected chi connectivity index (χ1v) is 13.1. The number of fused-ring (bicyclic) bond motifs is 1. The molecule has 0 radical (unpaired) electrons. The van der Waals surface area contributed by atoms with Crippen LogP contribution in [0, 0.1) is 0 Å². The van der Waals surface area contributed by atoms with Gasteiger partial charge in [-0.05, 0) is 64.4 Å². The van der Waals surface area contributed by atoms with Crippen LogP contribution in [0.5, 0.6) is 0 Å². The van der Waals surface area contributed by atoms with Gasteiger partial charge in [0.15, 0.2) is 17.0 Å². The Hall–Kier alpha value is -2.68. The fraction of sp³-hybridized carbons (Fsp3) is 0.680. The largest absolute Gasteiger partial charge is 0.365 e. The minimum atomic E-state index is 0.0966. The number of nitrogens with zero attached hydrogens (tertiary/aromatic N) is 5. The molecule has 3 aliphatic rings. The Balaban J connectivity index is 1.37. The first-order chi connectivity index (χ1) is 16.6. The normalized spacial score (nSPS) is 24.8. The van der Waals surface area contributed by atoms with E-state index in [1.54, 1.807) is 12.2 Å². The maximum Gasteiger partial charge on any atom is 0.246 e. The summed E-state index contributed by atoms with van der Waals surface area (Å²) in [5, 5.41) is 7.26. The number of likely N-dealkylation sites (tertiary alicyclic amines) is 1. The third kappa shape index (κ3) is 5.04. The van der Waals surface area contributed by atoms with Crippen molar-refractivity contribution in [2.24, 2.45) is 5.73 Å². The van der Waals surface area contributed by atoms with E-state index in [1.165, 1.54) is 25.7 Å². The van der Waals surface area contributed by atoms with Crippen LogP contribution in [0.25, 0.3) is 11.2 Å². The van der Waals surface area contributed by atoms with Crippen molar-refractivity contribution in [1.82, 2.24) is 24.4 Å². The van der Waals surface area contributed by atoms with Gasteiger partial charge in [0.1, 0.15) is 0 Å². The second-order valence-electron chi connectivity index (χ2n) is 10.2. The van der Waals surface area contributed by atoms with Crippen LogP contribution < -0.4 is 16.4 Å². The molecular formula is C25H38N8O. The number of anilines is 2. The average molecular weight is 467 g/mol. The molecule has 2 aliphatic carbocycles. The van der Waals surface area contributed by atoms with Crippen molar-refractivity contribution in [3.05, 3.63) is 18.5 Å². The highest BCUT2D eigenvalue weighted by Gasteiger charge is 2.26. The Morgan fingerprint density at radius 1 is 1.00 bits per heavy atom. The molecule has 0 unspecified atom stereocenters. The molecule has 9 nitrogen and oxygen atoms in total. The Labute approximate surface area is 201 Å².